The Hall–Kier alpha value is -1.18. The van der Waals surface area contributed by atoms with Gasteiger partial charge in [0.2, 0.25) is 6.79 Å². The Labute approximate surface area is 130 Å². The molecular weight excluding hydrogens is 357 g/mol. The van der Waals surface area contributed by atoms with E-state index in [0.717, 1.165) is 36.1 Å². The van der Waals surface area contributed by atoms with Crippen molar-refractivity contribution in [1.82, 2.24) is 10.6 Å². The van der Waals surface area contributed by atoms with Crippen LogP contribution < -0.4 is 20.1 Å². The SMILES string of the molecule is CCNC(=NCc1ccc2c(c1)OCO2)NCC.I. The van der Waals surface area contributed by atoms with Gasteiger partial charge in [-0.05, 0) is 31.5 Å². The number of benzene rings is 1. The van der Waals surface area contributed by atoms with Gasteiger partial charge < -0.3 is 20.1 Å². The van der Waals surface area contributed by atoms with Crippen LogP contribution >= 0.6 is 24.0 Å². The molecule has 106 valence electrons. The van der Waals surface area contributed by atoms with Crippen LogP contribution in [0.1, 0.15) is 19.4 Å². The second-order valence-corrected chi connectivity index (χ2v) is 3.91. The summed E-state index contributed by atoms with van der Waals surface area (Å²) in [6.07, 6.45) is 0. The third-order valence-electron chi connectivity index (χ3n) is 2.55. The van der Waals surface area contributed by atoms with Gasteiger partial charge in [-0.2, -0.15) is 0 Å². The number of hydrogen-bond acceptors (Lipinski definition) is 3. The maximum atomic E-state index is 5.34. The molecule has 19 heavy (non-hydrogen) atoms. The number of nitrogens with zero attached hydrogens (tertiary/aromatic N) is 1. The van der Waals surface area contributed by atoms with Crippen LogP contribution in [0.4, 0.5) is 0 Å². The highest BCUT2D eigenvalue weighted by Gasteiger charge is 2.12. The fourth-order valence-corrected chi connectivity index (χ4v) is 1.72. The Morgan fingerprint density at radius 2 is 1.84 bits per heavy atom. The van der Waals surface area contributed by atoms with Gasteiger partial charge in [0.1, 0.15) is 0 Å². The lowest BCUT2D eigenvalue weighted by atomic mass is 10.2. The minimum Gasteiger partial charge on any atom is -0.454 e. The molecule has 0 unspecified atom stereocenters. The third kappa shape index (κ3) is 4.45. The van der Waals surface area contributed by atoms with E-state index in [4.69, 9.17) is 9.47 Å². The number of halogens is 1. The van der Waals surface area contributed by atoms with Crippen LogP contribution in [0.2, 0.25) is 0 Å². The summed E-state index contributed by atoms with van der Waals surface area (Å²) in [4.78, 5) is 4.50. The highest BCUT2D eigenvalue weighted by Crippen LogP contribution is 2.32. The van der Waals surface area contributed by atoms with Crippen molar-refractivity contribution in [3.8, 4) is 11.5 Å². The van der Waals surface area contributed by atoms with Crippen LogP contribution in [0, 0.1) is 0 Å². The fourth-order valence-electron chi connectivity index (χ4n) is 1.72. The largest absolute Gasteiger partial charge is 0.454 e. The highest BCUT2D eigenvalue weighted by molar-refractivity contribution is 14.0. The number of nitrogens with one attached hydrogen (secondary N) is 2. The van der Waals surface area contributed by atoms with Crippen LogP contribution in [-0.2, 0) is 6.54 Å². The van der Waals surface area contributed by atoms with Crippen molar-refractivity contribution in [2.24, 2.45) is 4.99 Å². The topological polar surface area (TPSA) is 54.9 Å². The van der Waals surface area contributed by atoms with Crippen molar-refractivity contribution < 1.29 is 9.47 Å². The second kappa shape index (κ2) is 8.08. The van der Waals surface area contributed by atoms with Crippen molar-refractivity contribution in [3.63, 3.8) is 0 Å². The van der Waals surface area contributed by atoms with Crippen LogP contribution in [-0.4, -0.2) is 25.8 Å². The van der Waals surface area contributed by atoms with E-state index in [1.165, 1.54) is 0 Å². The van der Waals surface area contributed by atoms with E-state index in [2.05, 4.69) is 15.6 Å². The summed E-state index contributed by atoms with van der Waals surface area (Å²) in [5, 5.41) is 6.38. The van der Waals surface area contributed by atoms with Gasteiger partial charge in [-0.1, -0.05) is 6.07 Å². The molecule has 0 radical (unpaired) electrons. The Balaban J connectivity index is 0.00000180. The molecule has 1 aliphatic rings. The summed E-state index contributed by atoms with van der Waals surface area (Å²) in [6.45, 7) is 6.73. The maximum absolute atomic E-state index is 5.34. The molecule has 0 bridgehead atoms. The monoisotopic (exact) mass is 377 g/mol. The van der Waals surface area contributed by atoms with Gasteiger partial charge >= 0.3 is 0 Å². The third-order valence-corrected chi connectivity index (χ3v) is 2.55. The molecule has 0 saturated heterocycles. The molecule has 1 aliphatic heterocycles. The van der Waals surface area contributed by atoms with Gasteiger partial charge in [0.15, 0.2) is 17.5 Å². The van der Waals surface area contributed by atoms with Gasteiger partial charge in [0.25, 0.3) is 0 Å². The summed E-state index contributed by atoms with van der Waals surface area (Å²) in [5.74, 6) is 2.44. The molecule has 1 aromatic carbocycles. The summed E-state index contributed by atoms with van der Waals surface area (Å²) >= 11 is 0. The molecule has 1 heterocycles. The summed E-state index contributed by atoms with van der Waals surface area (Å²) in [7, 11) is 0. The Morgan fingerprint density at radius 1 is 1.16 bits per heavy atom. The predicted molar refractivity (Wildman–Crippen MR) is 86.5 cm³/mol. The van der Waals surface area contributed by atoms with E-state index in [-0.39, 0.29) is 24.0 Å². The summed E-state index contributed by atoms with van der Waals surface area (Å²) in [6, 6.07) is 5.90. The number of rotatable bonds is 4. The zero-order valence-electron chi connectivity index (χ0n) is 11.2. The number of hydrogen-bond donors (Lipinski definition) is 2. The van der Waals surface area contributed by atoms with E-state index in [1.807, 2.05) is 32.0 Å². The molecule has 0 aromatic heterocycles. The van der Waals surface area contributed by atoms with E-state index >= 15 is 0 Å². The molecule has 0 atom stereocenters. The Morgan fingerprint density at radius 3 is 2.53 bits per heavy atom. The minimum atomic E-state index is 0. The summed E-state index contributed by atoms with van der Waals surface area (Å²) in [5.41, 5.74) is 1.10. The van der Waals surface area contributed by atoms with Crippen LogP contribution in [0.25, 0.3) is 0 Å². The molecular formula is C13H20IN3O2. The number of ether oxygens (including phenoxy) is 2. The van der Waals surface area contributed by atoms with Crippen LogP contribution in [0.15, 0.2) is 23.2 Å². The maximum Gasteiger partial charge on any atom is 0.231 e. The second-order valence-electron chi connectivity index (χ2n) is 3.91. The van der Waals surface area contributed by atoms with E-state index < -0.39 is 0 Å². The lowest BCUT2D eigenvalue weighted by molar-refractivity contribution is 0.174. The van der Waals surface area contributed by atoms with Gasteiger partial charge in [-0.15, -0.1) is 24.0 Å². The standard InChI is InChI=1S/C13H19N3O2.HI/c1-3-14-13(15-4-2)16-8-10-5-6-11-12(7-10)18-9-17-11;/h5-7H,3-4,8-9H2,1-2H3,(H2,14,15,16);1H. The molecule has 0 saturated carbocycles. The Kier molecular flexibility index (Phi) is 6.75. The van der Waals surface area contributed by atoms with Gasteiger partial charge in [-0.3, -0.25) is 0 Å². The molecule has 0 amide bonds. The van der Waals surface area contributed by atoms with Crippen molar-refractivity contribution in [3.05, 3.63) is 23.8 Å². The van der Waals surface area contributed by atoms with E-state index in [9.17, 15) is 0 Å². The van der Waals surface area contributed by atoms with E-state index in [1.54, 1.807) is 0 Å². The molecule has 1 aromatic rings. The number of aliphatic imine (C=N–C) groups is 1. The molecule has 2 rings (SSSR count). The normalized spacial score (nSPS) is 11.5. The zero-order valence-corrected chi connectivity index (χ0v) is 13.6. The van der Waals surface area contributed by atoms with Crippen molar-refractivity contribution in [2.75, 3.05) is 19.9 Å². The first-order chi connectivity index (χ1) is 8.83. The van der Waals surface area contributed by atoms with Crippen molar-refractivity contribution >= 4 is 29.9 Å². The first-order valence-corrected chi connectivity index (χ1v) is 6.24. The van der Waals surface area contributed by atoms with Gasteiger partial charge in [0, 0.05) is 13.1 Å². The molecule has 6 heteroatoms. The molecule has 0 spiro atoms. The van der Waals surface area contributed by atoms with Gasteiger partial charge in [-0.25, -0.2) is 4.99 Å². The quantitative estimate of drug-likeness (QED) is 0.480. The van der Waals surface area contributed by atoms with Crippen LogP contribution in [0.3, 0.4) is 0 Å². The van der Waals surface area contributed by atoms with Crippen molar-refractivity contribution in [2.45, 2.75) is 20.4 Å². The molecule has 0 fully saturated rings. The molecule has 5 nitrogen and oxygen atoms in total. The first kappa shape index (κ1) is 15.9. The van der Waals surface area contributed by atoms with Crippen LogP contribution in [0.5, 0.6) is 11.5 Å². The lowest BCUT2D eigenvalue weighted by Gasteiger charge is -2.09. The Bertz CT molecular complexity index is 430. The lowest BCUT2D eigenvalue weighted by Crippen LogP contribution is -2.36. The molecule has 0 aliphatic carbocycles. The van der Waals surface area contributed by atoms with Gasteiger partial charge in [0.05, 0.1) is 6.54 Å². The highest BCUT2D eigenvalue weighted by atomic mass is 127. The smallest absolute Gasteiger partial charge is 0.231 e. The minimum absolute atomic E-state index is 0. The number of fused-ring (bicyclic) bond motifs is 1. The first-order valence-electron chi connectivity index (χ1n) is 6.24. The van der Waals surface area contributed by atoms with Crippen molar-refractivity contribution in [1.29, 1.82) is 0 Å². The predicted octanol–water partition coefficient (Wildman–Crippen LogP) is 2.11. The number of guanidine groups is 1. The summed E-state index contributed by atoms with van der Waals surface area (Å²) < 4.78 is 10.6. The van der Waals surface area contributed by atoms with E-state index in [0.29, 0.717) is 13.3 Å². The fraction of sp³-hybridized carbons (Fsp3) is 0.462. The average Bonchev–Trinajstić information content (AvgIpc) is 2.84. The molecule has 2 N–H and O–H groups in total. The zero-order chi connectivity index (χ0) is 12.8. The average molecular weight is 377 g/mol.